The second-order valence-corrected chi connectivity index (χ2v) is 10.1. The van der Waals surface area contributed by atoms with Crippen molar-refractivity contribution in [2.75, 3.05) is 32.0 Å². The fourth-order valence-electron chi connectivity index (χ4n) is 5.51. The summed E-state index contributed by atoms with van der Waals surface area (Å²) in [5, 5.41) is 0. The number of piperidine rings is 1. The summed E-state index contributed by atoms with van der Waals surface area (Å²) in [6, 6.07) is 0.250. The summed E-state index contributed by atoms with van der Waals surface area (Å²) in [5.41, 5.74) is 6.92. The van der Waals surface area contributed by atoms with Crippen molar-refractivity contribution in [1.82, 2.24) is 24.4 Å². The minimum atomic E-state index is -0.175. The highest BCUT2D eigenvalue weighted by atomic mass is 16.5. The maximum absolute atomic E-state index is 12.5. The molecule has 0 aromatic carbocycles. The maximum Gasteiger partial charge on any atom is 0.327 e. The summed E-state index contributed by atoms with van der Waals surface area (Å²) in [6.07, 6.45) is 15.1. The third-order valence-electron chi connectivity index (χ3n) is 7.55. The molecule has 184 valence electrons. The van der Waals surface area contributed by atoms with Crippen molar-refractivity contribution in [3.63, 3.8) is 0 Å². The zero-order chi connectivity index (χ0) is 23.0. The van der Waals surface area contributed by atoms with Gasteiger partial charge in [0.25, 0.3) is 0 Å². The Labute approximate surface area is 197 Å². The van der Waals surface area contributed by atoms with Crippen molar-refractivity contribution in [1.29, 1.82) is 0 Å². The number of rotatable bonds is 12. The first kappa shape index (κ1) is 24.0. The lowest BCUT2D eigenvalue weighted by Gasteiger charge is -2.33. The molecule has 2 fully saturated rings. The smallest absolute Gasteiger partial charge is 0.327 e. The molecule has 2 aliphatic rings. The SMILES string of the molecule is CCCCOc1nc(N)c2[nH]c(=O)n(CCCCCC3CCN(CC4CCCC4)CC3)c2n1. The minimum Gasteiger partial charge on any atom is -0.463 e. The molecule has 0 atom stereocenters. The fourth-order valence-corrected chi connectivity index (χ4v) is 5.51. The molecule has 3 N–H and O–H groups in total. The number of aromatic nitrogens is 4. The minimum absolute atomic E-state index is 0.175. The molecule has 1 saturated carbocycles. The molecule has 8 nitrogen and oxygen atoms in total. The van der Waals surface area contributed by atoms with Gasteiger partial charge in [-0.15, -0.1) is 0 Å². The molecule has 8 heteroatoms. The van der Waals surface area contributed by atoms with E-state index < -0.39 is 0 Å². The van der Waals surface area contributed by atoms with E-state index in [1.165, 1.54) is 71.0 Å². The topological polar surface area (TPSA) is 102 Å². The average molecular weight is 459 g/mol. The summed E-state index contributed by atoms with van der Waals surface area (Å²) in [6.45, 7) is 7.21. The molecule has 4 rings (SSSR count). The number of anilines is 1. The van der Waals surface area contributed by atoms with Gasteiger partial charge >= 0.3 is 11.7 Å². The van der Waals surface area contributed by atoms with Gasteiger partial charge in [-0.05, 0) is 63.5 Å². The summed E-state index contributed by atoms with van der Waals surface area (Å²) < 4.78 is 7.30. The molecule has 2 aromatic rings. The van der Waals surface area contributed by atoms with Crippen LogP contribution in [0.1, 0.15) is 84.0 Å². The van der Waals surface area contributed by atoms with Crippen LogP contribution in [0.5, 0.6) is 6.01 Å². The maximum atomic E-state index is 12.5. The van der Waals surface area contributed by atoms with Crippen molar-refractivity contribution >= 4 is 17.0 Å². The molecule has 0 bridgehead atoms. The number of likely N-dealkylation sites (tertiary alicyclic amines) is 1. The Morgan fingerprint density at radius 1 is 1.03 bits per heavy atom. The van der Waals surface area contributed by atoms with Gasteiger partial charge in [-0.1, -0.05) is 45.4 Å². The van der Waals surface area contributed by atoms with Gasteiger partial charge in [0.2, 0.25) is 0 Å². The summed E-state index contributed by atoms with van der Waals surface area (Å²) in [7, 11) is 0. The standard InChI is InChI=1S/C25H42N6O2/c1-2-3-17-33-24-28-22(26)21-23(29-24)31(25(32)27-21)14-8-4-5-9-19-12-15-30(16-13-19)18-20-10-6-7-11-20/h19-20H,2-18H2,1H3,(H,27,32)(H2,26,28,29). The van der Waals surface area contributed by atoms with Gasteiger partial charge in [0.15, 0.2) is 11.5 Å². The van der Waals surface area contributed by atoms with Crippen LogP contribution in [0.15, 0.2) is 4.79 Å². The van der Waals surface area contributed by atoms with Crippen molar-refractivity contribution in [2.45, 2.75) is 90.5 Å². The average Bonchev–Trinajstić information content (AvgIpc) is 3.43. The molecule has 33 heavy (non-hydrogen) atoms. The van der Waals surface area contributed by atoms with Crippen LogP contribution in [0.3, 0.4) is 0 Å². The number of unbranched alkanes of at least 4 members (excludes halogenated alkanes) is 3. The first-order valence-corrected chi connectivity index (χ1v) is 13.2. The normalized spacial score (nSPS) is 18.5. The predicted octanol–water partition coefficient (Wildman–Crippen LogP) is 4.34. The van der Waals surface area contributed by atoms with E-state index in [0.717, 1.165) is 37.5 Å². The predicted molar refractivity (Wildman–Crippen MR) is 133 cm³/mol. The van der Waals surface area contributed by atoms with Gasteiger partial charge in [-0.3, -0.25) is 4.57 Å². The first-order chi connectivity index (χ1) is 16.1. The number of hydrogen-bond donors (Lipinski definition) is 2. The van der Waals surface area contributed by atoms with Gasteiger partial charge in [-0.2, -0.15) is 9.97 Å². The number of nitrogens with zero attached hydrogens (tertiary/aromatic N) is 4. The van der Waals surface area contributed by atoms with Crippen LogP contribution >= 0.6 is 0 Å². The van der Waals surface area contributed by atoms with E-state index in [2.05, 4.69) is 26.8 Å². The lowest BCUT2D eigenvalue weighted by atomic mass is 9.90. The van der Waals surface area contributed by atoms with Crippen molar-refractivity contribution in [3.8, 4) is 6.01 Å². The number of aryl methyl sites for hydroxylation is 1. The molecule has 1 aliphatic heterocycles. The molecule has 0 radical (unpaired) electrons. The van der Waals surface area contributed by atoms with Gasteiger partial charge < -0.3 is 20.4 Å². The van der Waals surface area contributed by atoms with Crippen LogP contribution in [-0.2, 0) is 6.54 Å². The Kier molecular flexibility index (Phi) is 8.64. The number of aromatic amines is 1. The molecule has 1 aliphatic carbocycles. The Morgan fingerprint density at radius 3 is 2.58 bits per heavy atom. The lowest BCUT2D eigenvalue weighted by molar-refractivity contribution is 0.155. The van der Waals surface area contributed by atoms with Crippen molar-refractivity contribution in [3.05, 3.63) is 10.5 Å². The molecular weight excluding hydrogens is 416 g/mol. The largest absolute Gasteiger partial charge is 0.463 e. The van der Waals surface area contributed by atoms with E-state index in [0.29, 0.717) is 24.3 Å². The molecule has 0 amide bonds. The summed E-state index contributed by atoms with van der Waals surface area (Å²) >= 11 is 0. The molecule has 3 heterocycles. The molecule has 2 aromatic heterocycles. The first-order valence-electron chi connectivity index (χ1n) is 13.2. The van der Waals surface area contributed by atoms with E-state index in [-0.39, 0.29) is 17.5 Å². The van der Waals surface area contributed by atoms with Crippen LogP contribution in [0, 0.1) is 11.8 Å². The third kappa shape index (κ3) is 6.49. The van der Waals surface area contributed by atoms with E-state index >= 15 is 0 Å². The highest BCUT2D eigenvalue weighted by Crippen LogP contribution is 2.28. The summed E-state index contributed by atoms with van der Waals surface area (Å²) in [4.78, 5) is 26.6. The molecule has 0 unspecified atom stereocenters. The third-order valence-corrected chi connectivity index (χ3v) is 7.55. The number of imidazole rings is 1. The quantitative estimate of drug-likeness (QED) is 0.459. The highest BCUT2D eigenvalue weighted by molar-refractivity contribution is 5.81. The van der Waals surface area contributed by atoms with Gasteiger partial charge in [0.05, 0.1) is 6.61 Å². The highest BCUT2D eigenvalue weighted by Gasteiger charge is 2.23. The van der Waals surface area contributed by atoms with Crippen LogP contribution in [0.4, 0.5) is 5.82 Å². The van der Waals surface area contributed by atoms with E-state index in [9.17, 15) is 4.79 Å². The van der Waals surface area contributed by atoms with Crippen LogP contribution < -0.4 is 16.2 Å². The molecular formula is C25H42N6O2. The number of nitrogens with two attached hydrogens (primary N) is 1. The van der Waals surface area contributed by atoms with Crippen LogP contribution in [0.2, 0.25) is 0 Å². The molecule has 0 spiro atoms. The van der Waals surface area contributed by atoms with Crippen LogP contribution in [-0.4, -0.2) is 50.7 Å². The number of ether oxygens (including phenoxy) is 1. The Morgan fingerprint density at radius 2 is 1.82 bits per heavy atom. The van der Waals surface area contributed by atoms with Crippen molar-refractivity contribution < 1.29 is 4.74 Å². The number of fused-ring (bicyclic) bond motifs is 1. The Bertz CT molecular complexity index is 925. The van der Waals surface area contributed by atoms with Gasteiger partial charge in [0.1, 0.15) is 5.52 Å². The number of nitrogen functional groups attached to an aromatic ring is 1. The zero-order valence-corrected chi connectivity index (χ0v) is 20.4. The second-order valence-electron chi connectivity index (χ2n) is 10.1. The fraction of sp³-hybridized carbons (Fsp3) is 0.800. The Balaban J connectivity index is 1.20. The number of nitrogens with one attached hydrogen (secondary N) is 1. The van der Waals surface area contributed by atoms with E-state index in [1.807, 2.05) is 0 Å². The summed E-state index contributed by atoms with van der Waals surface area (Å²) in [5.74, 6) is 2.10. The van der Waals surface area contributed by atoms with Crippen LogP contribution in [0.25, 0.3) is 11.2 Å². The number of hydrogen-bond acceptors (Lipinski definition) is 6. The second kappa shape index (κ2) is 11.9. The Hall–Kier alpha value is -2.09. The lowest BCUT2D eigenvalue weighted by Crippen LogP contribution is -2.36. The van der Waals surface area contributed by atoms with Gasteiger partial charge in [0, 0.05) is 13.1 Å². The molecule has 1 saturated heterocycles. The zero-order valence-electron chi connectivity index (χ0n) is 20.4. The van der Waals surface area contributed by atoms with Crippen molar-refractivity contribution in [2.24, 2.45) is 11.8 Å². The monoisotopic (exact) mass is 458 g/mol. The number of H-pyrrole nitrogens is 1. The van der Waals surface area contributed by atoms with E-state index in [1.54, 1.807) is 4.57 Å². The van der Waals surface area contributed by atoms with E-state index in [4.69, 9.17) is 10.5 Å². The van der Waals surface area contributed by atoms with Gasteiger partial charge in [-0.25, -0.2) is 4.79 Å².